The predicted molar refractivity (Wildman–Crippen MR) is 78.5 cm³/mol. The molecule has 0 heterocycles. The number of benzene rings is 1. The van der Waals surface area contributed by atoms with Gasteiger partial charge in [-0.1, -0.05) is 13.8 Å². The number of aliphatic hydroxyl groups is 1. The van der Waals surface area contributed by atoms with Gasteiger partial charge in [0.15, 0.2) is 0 Å². The van der Waals surface area contributed by atoms with Crippen molar-refractivity contribution in [2.24, 2.45) is 5.92 Å². The highest BCUT2D eigenvalue weighted by atomic mass is 79.9. The molecule has 5 heteroatoms. The summed E-state index contributed by atoms with van der Waals surface area (Å²) in [6.07, 6.45) is 0.146. The van der Waals surface area contributed by atoms with E-state index in [-0.39, 0.29) is 12.5 Å². The van der Waals surface area contributed by atoms with Crippen LogP contribution in [0.2, 0.25) is 0 Å². The van der Waals surface area contributed by atoms with Gasteiger partial charge in [-0.2, -0.15) is 0 Å². The molecule has 1 unspecified atom stereocenters. The Hall–Kier alpha value is -1.07. The van der Waals surface area contributed by atoms with Crippen LogP contribution in [0, 0.1) is 5.92 Å². The number of aliphatic hydroxyl groups excluding tert-OH is 1. The Balaban J connectivity index is 2.63. The fourth-order valence-corrected chi connectivity index (χ4v) is 2.17. The zero-order chi connectivity index (χ0) is 14.4. The number of methoxy groups -OCH3 is 1. The fraction of sp³-hybridized carbons (Fsp3) is 0.500. The number of carbonyl (C=O) groups excluding carboxylic acids is 1. The first kappa shape index (κ1) is 16.0. The molecule has 4 nitrogen and oxygen atoms in total. The summed E-state index contributed by atoms with van der Waals surface area (Å²) in [4.78, 5) is 12.0. The molecule has 0 aliphatic carbocycles. The summed E-state index contributed by atoms with van der Waals surface area (Å²) in [5.41, 5.74) is 0.496. The van der Waals surface area contributed by atoms with Gasteiger partial charge in [-0.05, 0) is 46.5 Å². The third-order valence-electron chi connectivity index (χ3n) is 2.66. The van der Waals surface area contributed by atoms with Crippen LogP contribution in [-0.4, -0.2) is 30.8 Å². The standard InChI is InChI=1S/C14H20BrNO3/c1-9(2)6-10(17)8-16-14(18)12-7-11(19-3)4-5-13(12)15/h4-5,7,9-10,17H,6,8H2,1-3H3,(H,16,18). The van der Waals surface area contributed by atoms with Crippen molar-refractivity contribution in [1.82, 2.24) is 5.32 Å². The van der Waals surface area contributed by atoms with E-state index in [0.717, 1.165) is 0 Å². The Morgan fingerprint density at radius 3 is 2.74 bits per heavy atom. The smallest absolute Gasteiger partial charge is 0.252 e. The third kappa shape index (κ3) is 5.20. The van der Waals surface area contributed by atoms with Crippen LogP contribution < -0.4 is 10.1 Å². The molecular weight excluding hydrogens is 310 g/mol. The van der Waals surface area contributed by atoms with Crippen LogP contribution in [0.15, 0.2) is 22.7 Å². The van der Waals surface area contributed by atoms with Crippen LogP contribution in [0.25, 0.3) is 0 Å². The number of ether oxygens (including phenoxy) is 1. The number of rotatable bonds is 6. The Kier molecular flexibility index (Phi) is 6.31. The second-order valence-corrected chi connectivity index (χ2v) is 5.69. The fourth-order valence-electron chi connectivity index (χ4n) is 1.74. The summed E-state index contributed by atoms with van der Waals surface area (Å²) in [6, 6.07) is 5.20. The second-order valence-electron chi connectivity index (χ2n) is 4.84. The Morgan fingerprint density at radius 1 is 1.47 bits per heavy atom. The normalized spacial score (nSPS) is 12.3. The Morgan fingerprint density at radius 2 is 2.16 bits per heavy atom. The van der Waals surface area contributed by atoms with E-state index in [1.807, 2.05) is 13.8 Å². The summed E-state index contributed by atoms with van der Waals surface area (Å²) >= 11 is 3.33. The van der Waals surface area contributed by atoms with E-state index >= 15 is 0 Å². The number of amides is 1. The van der Waals surface area contributed by atoms with Gasteiger partial charge in [0.1, 0.15) is 5.75 Å². The van der Waals surface area contributed by atoms with Crippen LogP contribution in [-0.2, 0) is 0 Å². The van der Waals surface area contributed by atoms with E-state index in [2.05, 4.69) is 21.2 Å². The SMILES string of the molecule is COc1ccc(Br)c(C(=O)NCC(O)CC(C)C)c1. The molecule has 1 amide bonds. The molecule has 0 aliphatic heterocycles. The van der Waals surface area contributed by atoms with Crippen molar-refractivity contribution < 1.29 is 14.6 Å². The zero-order valence-electron chi connectivity index (χ0n) is 11.4. The first-order valence-electron chi connectivity index (χ1n) is 6.23. The quantitative estimate of drug-likeness (QED) is 0.843. The van der Waals surface area contributed by atoms with Crippen molar-refractivity contribution in [2.45, 2.75) is 26.4 Å². The lowest BCUT2D eigenvalue weighted by Gasteiger charge is -2.14. The lowest BCUT2D eigenvalue weighted by atomic mass is 10.1. The van der Waals surface area contributed by atoms with E-state index in [1.165, 1.54) is 0 Å². The van der Waals surface area contributed by atoms with Gasteiger partial charge in [-0.25, -0.2) is 0 Å². The van der Waals surface area contributed by atoms with Gasteiger partial charge in [0.2, 0.25) is 0 Å². The topological polar surface area (TPSA) is 58.6 Å². The molecule has 0 radical (unpaired) electrons. The van der Waals surface area contributed by atoms with Gasteiger partial charge < -0.3 is 15.2 Å². The summed E-state index contributed by atoms with van der Waals surface area (Å²) in [5.74, 6) is 0.792. The second kappa shape index (κ2) is 7.50. The van der Waals surface area contributed by atoms with E-state index in [1.54, 1.807) is 25.3 Å². The lowest BCUT2D eigenvalue weighted by molar-refractivity contribution is 0.0899. The molecule has 0 aromatic heterocycles. The van der Waals surface area contributed by atoms with Gasteiger partial charge in [0.05, 0.1) is 18.8 Å². The maximum atomic E-state index is 12.0. The lowest BCUT2D eigenvalue weighted by Crippen LogP contribution is -2.33. The minimum Gasteiger partial charge on any atom is -0.497 e. The first-order valence-corrected chi connectivity index (χ1v) is 7.03. The number of hydrogen-bond donors (Lipinski definition) is 2. The molecule has 0 saturated heterocycles. The Bertz CT molecular complexity index is 435. The van der Waals surface area contributed by atoms with Crippen molar-refractivity contribution in [3.8, 4) is 5.75 Å². The molecule has 1 atom stereocenters. The molecule has 0 aliphatic rings. The highest BCUT2D eigenvalue weighted by Crippen LogP contribution is 2.22. The molecule has 0 bridgehead atoms. The maximum Gasteiger partial charge on any atom is 0.252 e. The van der Waals surface area contributed by atoms with Gasteiger partial charge in [-0.3, -0.25) is 4.79 Å². The minimum atomic E-state index is -0.520. The average molecular weight is 330 g/mol. The molecule has 0 fully saturated rings. The van der Waals surface area contributed by atoms with Crippen LogP contribution in [0.3, 0.4) is 0 Å². The van der Waals surface area contributed by atoms with Crippen LogP contribution in [0.4, 0.5) is 0 Å². The van der Waals surface area contributed by atoms with E-state index < -0.39 is 6.10 Å². The molecule has 1 aromatic rings. The van der Waals surface area contributed by atoms with Gasteiger partial charge in [0, 0.05) is 11.0 Å². The Labute approximate surface area is 122 Å². The summed E-state index contributed by atoms with van der Waals surface area (Å²) < 4.78 is 5.79. The van der Waals surface area contributed by atoms with Crippen molar-refractivity contribution in [3.63, 3.8) is 0 Å². The maximum absolute atomic E-state index is 12.0. The molecule has 0 spiro atoms. The highest BCUT2D eigenvalue weighted by Gasteiger charge is 2.13. The monoisotopic (exact) mass is 329 g/mol. The van der Waals surface area contributed by atoms with Gasteiger partial charge in [0.25, 0.3) is 5.91 Å². The van der Waals surface area contributed by atoms with Gasteiger partial charge >= 0.3 is 0 Å². The number of nitrogens with one attached hydrogen (secondary N) is 1. The van der Waals surface area contributed by atoms with E-state index in [0.29, 0.717) is 28.1 Å². The van der Waals surface area contributed by atoms with Crippen molar-refractivity contribution >= 4 is 21.8 Å². The summed E-state index contributed by atoms with van der Waals surface area (Å²) in [7, 11) is 1.55. The molecular formula is C14H20BrNO3. The van der Waals surface area contributed by atoms with Crippen LogP contribution in [0.5, 0.6) is 5.75 Å². The van der Waals surface area contributed by atoms with Gasteiger partial charge in [-0.15, -0.1) is 0 Å². The van der Waals surface area contributed by atoms with E-state index in [4.69, 9.17) is 4.74 Å². The molecule has 1 rings (SSSR count). The van der Waals surface area contributed by atoms with E-state index in [9.17, 15) is 9.90 Å². The van der Waals surface area contributed by atoms with Crippen LogP contribution >= 0.6 is 15.9 Å². The first-order chi connectivity index (χ1) is 8.93. The summed E-state index contributed by atoms with van der Waals surface area (Å²) in [6.45, 7) is 4.31. The third-order valence-corrected chi connectivity index (χ3v) is 3.35. The predicted octanol–water partition coefficient (Wildman–Crippen LogP) is 2.59. The largest absolute Gasteiger partial charge is 0.497 e. The van der Waals surface area contributed by atoms with Crippen molar-refractivity contribution in [2.75, 3.05) is 13.7 Å². The molecule has 2 N–H and O–H groups in total. The molecule has 19 heavy (non-hydrogen) atoms. The van der Waals surface area contributed by atoms with Crippen LogP contribution in [0.1, 0.15) is 30.6 Å². The van der Waals surface area contributed by atoms with Crippen molar-refractivity contribution in [1.29, 1.82) is 0 Å². The zero-order valence-corrected chi connectivity index (χ0v) is 13.0. The molecule has 0 saturated carbocycles. The van der Waals surface area contributed by atoms with Crippen molar-refractivity contribution in [3.05, 3.63) is 28.2 Å². The molecule has 106 valence electrons. The highest BCUT2D eigenvalue weighted by molar-refractivity contribution is 9.10. The number of carbonyl (C=O) groups is 1. The summed E-state index contributed by atoms with van der Waals surface area (Å²) in [5, 5.41) is 12.5. The minimum absolute atomic E-state index is 0.228. The number of hydrogen-bond acceptors (Lipinski definition) is 3. The molecule has 1 aromatic carbocycles. The average Bonchev–Trinajstić information content (AvgIpc) is 2.35. The number of halogens is 1.